The molecule has 0 saturated carbocycles. The second kappa shape index (κ2) is 4.47. The maximum atomic E-state index is 13.2. The third-order valence-electron chi connectivity index (χ3n) is 3.09. The zero-order chi connectivity index (χ0) is 15.2. The lowest BCUT2D eigenvalue weighted by Crippen LogP contribution is -2.15. The van der Waals surface area contributed by atoms with Crippen LogP contribution in [0.25, 0.3) is 0 Å². The van der Waals surface area contributed by atoms with E-state index in [1.807, 2.05) is 0 Å². The van der Waals surface area contributed by atoms with Crippen LogP contribution in [0.2, 0.25) is 0 Å². The fourth-order valence-electron chi connectivity index (χ4n) is 2.08. The van der Waals surface area contributed by atoms with Gasteiger partial charge in [0, 0.05) is 17.3 Å². The fraction of sp³-hybridized carbons (Fsp3) is 0.0714. The minimum atomic E-state index is -4.47. The molecule has 0 bridgehead atoms. The van der Waals surface area contributed by atoms with Gasteiger partial charge in [-0.3, -0.25) is 0 Å². The third kappa shape index (κ3) is 2.42. The van der Waals surface area contributed by atoms with Crippen molar-refractivity contribution in [3.63, 3.8) is 0 Å². The summed E-state index contributed by atoms with van der Waals surface area (Å²) in [5, 5.41) is 2.91. The van der Waals surface area contributed by atoms with Crippen molar-refractivity contribution in [3.8, 4) is 0 Å². The summed E-state index contributed by atoms with van der Waals surface area (Å²) < 4.78 is 51.5. The second-order valence-corrected chi connectivity index (χ2v) is 4.54. The maximum absolute atomic E-state index is 13.2. The molecular formula is C14H9F4N3. The van der Waals surface area contributed by atoms with Gasteiger partial charge in [-0.05, 0) is 30.3 Å². The highest BCUT2D eigenvalue weighted by atomic mass is 19.4. The average molecular weight is 295 g/mol. The van der Waals surface area contributed by atoms with E-state index in [0.29, 0.717) is 11.4 Å². The molecule has 0 saturated heterocycles. The first kappa shape index (κ1) is 13.4. The standard InChI is InChI=1S/C14H9F4N3/c15-8-2-4-11-12(6-8)21-13(19)9-5-7(14(16,17)18)1-3-10(9)20-11/h1-6,20H,(H2,19,21). The number of alkyl halides is 3. The Morgan fingerprint density at radius 2 is 1.71 bits per heavy atom. The molecule has 0 aromatic heterocycles. The Hall–Kier alpha value is -2.57. The first-order valence-corrected chi connectivity index (χ1v) is 5.97. The number of hydrogen-bond donors (Lipinski definition) is 2. The molecule has 108 valence electrons. The Labute approximate surface area is 117 Å². The van der Waals surface area contributed by atoms with Gasteiger partial charge in [-0.15, -0.1) is 0 Å². The maximum Gasteiger partial charge on any atom is 0.416 e. The smallest absolute Gasteiger partial charge is 0.383 e. The van der Waals surface area contributed by atoms with Crippen LogP contribution >= 0.6 is 0 Å². The number of fused-ring (bicyclic) bond motifs is 2. The Balaban J connectivity index is 2.17. The van der Waals surface area contributed by atoms with Crippen LogP contribution in [0.3, 0.4) is 0 Å². The molecular weight excluding hydrogens is 286 g/mol. The van der Waals surface area contributed by atoms with Gasteiger partial charge in [0.15, 0.2) is 0 Å². The predicted octanol–water partition coefficient (Wildman–Crippen LogP) is 3.94. The molecule has 21 heavy (non-hydrogen) atoms. The molecule has 0 atom stereocenters. The van der Waals surface area contributed by atoms with E-state index in [1.54, 1.807) is 0 Å². The number of benzene rings is 2. The van der Waals surface area contributed by atoms with Crippen molar-refractivity contribution in [1.29, 1.82) is 0 Å². The van der Waals surface area contributed by atoms with Crippen LogP contribution in [0.15, 0.2) is 41.4 Å². The normalized spacial score (nSPS) is 13.6. The van der Waals surface area contributed by atoms with Crippen molar-refractivity contribution in [1.82, 2.24) is 0 Å². The van der Waals surface area contributed by atoms with E-state index >= 15 is 0 Å². The lowest BCUT2D eigenvalue weighted by molar-refractivity contribution is -0.137. The lowest BCUT2D eigenvalue weighted by atomic mass is 10.1. The van der Waals surface area contributed by atoms with Crippen LogP contribution in [0, 0.1) is 5.82 Å². The summed E-state index contributed by atoms with van der Waals surface area (Å²) in [4.78, 5) is 3.99. The average Bonchev–Trinajstić information content (AvgIpc) is 2.53. The summed E-state index contributed by atoms with van der Waals surface area (Å²) in [6, 6.07) is 6.99. The molecule has 0 spiro atoms. The highest BCUT2D eigenvalue weighted by Gasteiger charge is 2.31. The first-order chi connectivity index (χ1) is 9.84. The molecule has 0 fully saturated rings. The second-order valence-electron chi connectivity index (χ2n) is 4.54. The molecule has 7 heteroatoms. The van der Waals surface area contributed by atoms with E-state index in [-0.39, 0.29) is 17.1 Å². The third-order valence-corrected chi connectivity index (χ3v) is 3.09. The van der Waals surface area contributed by atoms with Crippen LogP contribution in [-0.2, 0) is 6.18 Å². The van der Waals surface area contributed by atoms with Gasteiger partial charge in [-0.2, -0.15) is 13.2 Å². The molecule has 3 rings (SSSR count). The van der Waals surface area contributed by atoms with Gasteiger partial charge < -0.3 is 11.1 Å². The summed E-state index contributed by atoms with van der Waals surface area (Å²) in [5.74, 6) is -0.609. The summed E-state index contributed by atoms with van der Waals surface area (Å²) in [6.07, 6.45) is -4.47. The van der Waals surface area contributed by atoms with E-state index in [4.69, 9.17) is 5.73 Å². The Morgan fingerprint density at radius 1 is 1.00 bits per heavy atom. The van der Waals surface area contributed by atoms with E-state index in [1.165, 1.54) is 18.2 Å². The van der Waals surface area contributed by atoms with Crippen molar-refractivity contribution in [2.45, 2.75) is 6.18 Å². The van der Waals surface area contributed by atoms with Crippen molar-refractivity contribution in [2.75, 3.05) is 5.32 Å². The summed E-state index contributed by atoms with van der Waals surface area (Å²) in [5.41, 5.74) is 6.14. The van der Waals surface area contributed by atoms with Crippen LogP contribution in [0.5, 0.6) is 0 Å². The quantitative estimate of drug-likeness (QED) is 0.723. The van der Waals surface area contributed by atoms with E-state index in [9.17, 15) is 17.6 Å². The van der Waals surface area contributed by atoms with Crippen molar-refractivity contribution in [2.24, 2.45) is 10.7 Å². The van der Waals surface area contributed by atoms with Gasteiger partial charge in [0.1, 0.15) is 11.7 Å². The molecule has 0 radical (unpaired) electrons. The topological polar surface area (TPSA) is 50.4 Å². The van der Waals surface area contributed by atoms with E-state index in [0.717, 1.165) is 18.2 Å². The van der Waals surface area contributed by atoms with Gasteiger partial charge >= 0.3 is 6.18 Å². The molecule has 1 aliphatic heterocycles. The summed E-state index contributed by atoms with van der Waals surface area (Å²) >= 11 is 0. The minimum absolute atomic E-state index is 0.104. The van der Waals surface area contributed by atoms with E-state index < -0.39 is 17.6 Å². The Bertz CT molecular complexity index is 750. The summed E-state index contributed by atoms with van der Waals surface area (Å²) in [6.45, 7) is 0. The number of hydrogen-bond acceptors (Lipinski definition) is 3. The van der Waals surface area contributed by atoms with Crippen molar-refractivity contribution in [3.05, 3.63) is 53.3 Å². The number of nitrogens with two attached hydrogens (primary N) is 1. The Morgan fingerprint density at radius 3 is 2.43 bits per heavy atom. The highest BCUT2D eigenvalue weighted by molar-refractivity contribution is 6.06. The molecule has 3 N–H and O–H groups in total. The summed E-state index contributed by atoms with van der Waals surface area (Å²) in [7, 11) is 0. The van der Waals surface area contributed by atoms with Gasteiger partial charge in [0.25, 0.3) is 0 Å². The largest absolute Gasteiger partial charge is 0.416 e. The van der Waals surface area contributed by atoms with Crippen LogP contribution < -0.4 is 11.1 Å². The SMILES string of the molecule is NC1=Nc2cc(F)ccc2Nc2ccc(C(F)(F)F)cc21. The number of nitrogens with zero attached hydrogens (tertiary/aromatic N) is 1. The predicted molar refractivity (Wildman–Crippen MR) is 71.5 cm³/mol. The fourth-order valence-corrected chi connectivity index (χ4v) is 2.08. The number of halogens is 4. The van der Waals surface area contributed by atoms with Gasteiger partial charge in [-0.1, -0.05) is 0 Å². The van der Waals surface area contributed by atoms with Crippen LogP contribution in [0.1, 0.15) is 11.1 Å². The number of aliphatic imine (C=N–C) groups is 1. The molecule has 0 amide bonds. The molecule has 1 heterocycles. The zero-order valence-electron chi connectivity index (χ0n) is 10.5. The number of rotatable bonds is 0. The molecule has 0 unspecified atom stereocenters. The van der Waals surface area contributed by atoms with Crippen molar-refractivity contribution >= 4 is 22.9 Å². The molecule has 3 nitrogen and oxygen atoms in total. The van der Waals surface area contributed by atoms with Gasteiger partial charge in [0.05, 0.1) is 16.9 Å². The number of amidine groups is 1. The minimum Gasteiger partial charge on any atom is -0.383 e. The monoisotopic (exact) mass is 295 g/mol. The molecule has 2 aromatic carbocycles. The molecule has 2 aromatic rings. The van der Waals surface area contributed by atoms with Crippen LogP contribution in [-0.4, -0.2) is 5.84 Å². The zero-order valence-corrected chi connectivity index (χ0v) is 10.5. The lowest BCUT2D eigenvalue weighted by Gasteiger charge is -2.12. The van der Waals surface area contributed by atoms with Gasteiger partial charge in [-0.25, -0.2) is 9.38 Å². The van der Waals surface area contributed by atoms with Crippen LogP contribution in [0.4, 0.5) is 34.6 Å². The van der Waals surface area contributed by atoms with Crippen molar-refractivity contribution < 1.29 is 17.6 Å². The first-order valence-electron chi connectivity index (χ1n) is 5.97. The molecule has 1 aliphatic rings. The highest BCUT2D eigenvalue weighted by Crippen LogP contribution is 2.37. The number of nitrogens with one attached hydrogen (secondary N) is 1. The Kier molecular flexibility index (Phi) is 2.86. The molecule has 0 aliphatic carbocycles. The number of anilines is 2. The van der Waals surface area contributed by atoms with E-state index in [2.05, 4.69) is 10.3 Å². The van der Waals surface area contributed by atoms with Gasteiger partial charge in [0.2, 0.25) is 0 Å².